The van der Waals surface area contributed by atoms with E-state index in [2.05, 4.69) is 20.7 Å². The predicted molar refractivity (Wildman–Crippen MR) is 132 cm³/mol. The van der Waals surface area contributed by atoms with Crippen LogP contribution >= 0.6 is 11.3 Å². The van der Waals surface area contributed by atoms with E-state index in [0.29, 0.717) is 36.0 Å². The number of fused-ring (bicyclic) bond motifs is 1. The number of rotatable bonds is 5. The molecule has 0 saturated carbocycles. The highest BCUT2D eigenvalue weighted by atomic mass is 32.1. The Kier molecular flexibility index (Phi) is 6.29. The molecule has 0 radical (unpaired) electrons. The zero-order valence-electron chi connectivity index (χ0n) is 18.8. The maximum atomic E-state index is 13.1. The highest BCUT2D eigenvalue weighted by Crippen LogP contribution is 2.26. The summed E-state index contributed by atoms with van der Waals surface area (Å²) < 4.78 is 7.35. The summed E-state index contributed by atoms with van der Waals surface area (Å²) in [6, 6.07) is 19.7. The van der Waals surface area contributed by atoms with Crippen LogP contribution in [-0.4, -0.2) is 47.7 Å². The lowest BCUT2D eigenvalue weighted by Gasteiger charge is -2.25. The summed E-state index contributed by atoms with van der Waals surface area (Å²) in [6.45, 7) is 5.13. The van der Waals surface area contributed by atoms with Crippen LogP contribution in [0.15, 0.2) is 60.7 Å². The average molecular weight is 476 g/mol. The zero-order valence-corrected chi connectivity index (χ0v) is 19.6. The Bertz CT molecular complexity index is 1330. The van der Waals surface area contributed by atoms with Crippen molar-refractivity contribution >= 4 is 39.2 Å². The van der Waals surface area contributed by atoms with E-state index in [1.165, 1.54) is 11.3 Å². The second-order valence-electron chi connectivity index (χ2n) is 8.08. The first-order chi connectivity index (χ1) is 16.6. The van der Waals surface area contributed by atoms with Crippen molar-refractivity contribution in [2.24, 2.45) is 0 Å². The third kappa shape index (κ3) is 4.52. The largest absolute Gasteiger partial charge is 0.378 e. The summed E-state index contributed by atoms with van der Waals surface area (Å²) in [4.78, 5) is 33.1. The Morgan fingerprint density at radius 1 is 1.00 bits per heavy atom. The molecule has 0 bridgehead atoms. The van der Waals surface area contributed by atoms with E-state index in [-0.39, 0.29) is 11.8 Å². The number of ether oxygens (including phenoxy) is 1. The number of anilines is 1. The third-order valence-electron chi connectivity index (χ3n) is 5.79. The van der Waals surface area contributed by atoms with E-state index in [0.717, 1.165) is 34.7 Å². The van der Waals surface area contributed by atoms with Gasteiger partial charge in [-0.25, -0.2) is 4.98 Å². The fourth-order valence-corrected chi connectivity index (χ4v) is 5.07. The smallest absolute Gasteiger partial charge is 0.286 e. The van der Waals surface area contributed by atoms with Gasteiger partial charge in [-0.2, -0.15) is 0 Å². The maximum absolute atomic E-state index is 13.1. The van der Waals surface area contributed by atoms with E-state index in [4.69, 9.17) is 4.74 Å². The minimum absolute atomic E-state index is 0.379. The number of aromatic nitrogens is 2. The second kappa shape index (κ2) is 9.66. The van der Waals surface area contributed by atoms with Crippen molar-refractivity contribution in [3.63, 3.8) is 0 Å². The van der Waals surface area contributed by atoms with E-state index >= 15 is 0 Å². The minimum Gasteiger partial charge on any atom is -0.378 e. The van der Waals surface area contributed by atoms with Crippen LogP contribution in [0.4, 0.5) is 5.13 Å². The fourth-order valence-electron chi connectivity index (χ4n) is 4.05. The molecule has 0 aliphatic carbocycles. The molecule has 34 heavy (non-hydrogen) atoms. The minimum atomic E-state index is -0.381. The second-order valence-corrected chi connectivity index (χ2v) is 9.06. The number of nitrogens with zero attached hydrogens (tertiary/aromatic N) is 3. The topological polar surface area (TPSA) is 88.5 Å². The molecule has 2 N–H and O–H groups in total. The van der Waals surface area contributed by atoms with E-state index in [9.17, 15) is 9.59 Å². The average Bonchev–Trinajstić information content (AvgIpc) is 3.44. The summed E-state index contributed by atoms with van der Waals surface area (Å²) in [5.74, 6) is -0.760. The highest BCUT2D eigenvalue weighted by Gasteiger charge is 2.22. The first-order valence-electron chi connectivity index (χ1n) is 11.1. The van der Waals surface area contributed by atoms with Crippen molar-refractivity contribution in [3.05, 3.63) is 82.5 Å². The molecule has 0 spiro atoms. The van der Waals surface area contributed by atoms with Crippen molar-refractivity contribution in [2.45, 2.75) is 13.5 Å². The van der Waals surface area contributed by atoms with E-state index in [1.807, 2.05) is 65.2 Å². The SMILES string of the molecule is Cc1nc(N2CCOCC2)sc1C(=O)NNC(=O)c1cc2ccccc2n1Cc1ccccc1. The van der Waals surface area contributed by atoms with Gasteiger partial charge in [0.1, 0.15) is 10.6 Å². The number of aryl methyl sites for hydroxylation is 1. The molecule has 2 amide bonds. The number of hydrogen-bond donors (Lipinski definition) is 2. The lowest BCUT2D eigenvalue weighted by molar-refractivity contribution is 0.0843. The van der Waals surface area contributed by atoms with Crippen LogP contribution in [0.2, 0.25) is 0 Å². The number of carbonyl (C=O) groups is 2. The molecule has 9 heteroatoms. The van der Waals surface area contributed by atoms with Crippen LogP contribution in [-0.2, 0) is 11.3 Å². The standard InChI is InChI=1S/C25H25N5O3S/c1-17-22(34-25(26-17)29-11-13-33-14-12-29)24(32)28-27-23(31)21-15-19-9-5-6-10-20(19)30(21)16-18-7-3-2-4-8-18/h2-10,15H,11-14,16H2,1H3,(H,27,31)(H,28,32). The number of nitrogens with one attached hydrogen (secondary N) is 2. The Hall–Kier alpha value is -3.69. The van der Waals surface area contributed by atoms with Gasteiger partial charge in [-0.15, -0.1) is 0 Å². The van der Waals surface area contributed by atoms with Gasteiger partial charge in [0, 0.05) is 30.5 Å². The van der Waals surface area contributed by atoms with Crippen molar-refractivity contribution in [2.75, 3.05) is 31.2 Å². The van der Waals surface area contributed by atoms with Gasteiger partial charge in [0.25, 0.3) is 11.8 Å². The van der Waals surface area contributed by atoms with Crippen LogP contribution in [0.3, 0.4) is 0 Å². The summed E-state index contributed by atoms with van der Waals surface area (Å²) in [5, 5.41) is 1.75. The van der Waals surface area contributed by atoms with Crippen molar-refractivity contribution in [1.82, 2.24) is 20.4 Å². The molecule has 5 rings (SSSR count). The number of hydrogen-bond acceptors (Lipinski definition) is 6. The summed E-state index contributed by atoms with van der Waals surface area (Å²) in [7, 11) is 0. The lowest BCUT2D eigenvalue weighted by Crippen LogP contribution is -2.42. The first-order valence-corrected chi connectivity index (χ1v) is 11.9. The highest BCUT2D eigenvalue weighted by molar-refractivity contribution is 7.17. The maximum Gasteiger partial charge on any atom is 0.286 e. The van der Waals surface area contributed by atoms with Crippen LogP contribution in [0.5, 0.6) is 0 Å². The fraction of sp³-hybridized carbons (Fsp3) is 0.240. The molecular weight excluding hydrogens is 450 g/mol. The van der Waals surface area contributed by atoms with Gasteiger partial charge in [-0.05, 0) is 24.6 Å². The molecule has 1 aliphatic rings. The quantitative estimate of drug-likeness (QED) is 0.432. The Labute approximate surface area is 201 Å². The third-order valence-corrected chi connectivity index (χ3v) is 7.01. The molecule has 2 aromatic carbocycles. The Morgan fingerprint density at radius 2 is 1.71 bits per heavy atom. The number of benzene rings is 2. The van der Waals surface area contributed by atoms with Crippen molar-refractivity contribution in [3.8, 4) is 0 Å². The van der Waals surface area contributed by atoms with Crippen LogP contribution in [0.25, 0.3) is 10.9 Å². The molecule has 3 heterocycles. The van der Waals surface area contributed by atoms with Crippen molar-refractivity contribution in [1.29, 1.82) is 0 Å². The van der Waals surface area contributed by atoms with Crippen LogP contribution < -0.4 is 15.8 Å². The van der Waals surface area contributed by atoms with Crippen molar-refractivity contribution < 1.29 is 14.3 Å². The van der Waals surface area contributed by atoms with Gasteiger partial charge in [-0.3, -0.25) is 20.4 Å². The number of amides is 2. The molecule has 0 atom stereocenters. The number of morpholine rings is 1. The van der Waals surface area contributed by atoms with Gasteiger partial charge >= 0.3 is 0 Å². The van der Waals surface area contributed by atoms with Crippen LogP contribution in [0, 0.1) is 6.92 Å². The molecule has 174 valence electrons. The Balaban J connectivity index is 1.33. The number of para-hydroxylation sites is 1. The van der Waals surface area contributed by atoms with Gasteiger partial charge < -0.3 is 14.2 Å². The molecule has 4 aromatic rings. The first kappa shape index (κ1) is 22.1. The number of hydrazine groups is 1. The van der Waals surface area contributed by atoms with E-state index < -0.39 is 0 Å². The summed E-state index contributed by atoms with van der Waals surface area (Å²) in [6.07, 6.45) is 0. The normalized spacial score (nSPS) is 13.7. The number of thiazole rings is 1. The van der Waals surface area contributed by atoms with Crippen LogP contribution in [0.1, 0.15) is 31.4 Å². The molecule has 1 saturated heterocycles. The van der Waals surface area contributed by atoms with Gasteiger partial charge in [0.2, 0.25) is 0 Å². The molecule has 1 aliphatic heterocycles. The summed E-state index contributed by atoms with van der Waals surface area (Å²) in [5.41, 5.74) is 8.30. The number of carbonyl (C=O) groups excluding carboxylic acids is 2. The molecule has 0 unspecified atom stereocenters. The zero-order chi connectivity index (χ0) is 23.5. The molecule has 8 nitrogen and oxygen atoms in total. The predicted octanol–water partition coefficient (Wildman–Crippen LogP) is 3.37. The molecule has 1 fully saturated rings. The van der Waals surface area contributed by atoms with E-state index in [1.54, 1.807) is 6.92 Å². The lowest BCUT2D eigenvalue weighted by atomic mass is 10.2. The van der Waals surface area contributed by atoms with Gasteiger partial charge in [0.05, 0.1) is 18.9 Å². The Morgan fingerprint density at radius 3 is 2.50 bits per heavy atom. The van der Waals surface area contributed by atoms with Gasteiger partial charge in [-0.1, -0.05) is 59.9 Å². The monoisotopic (exact) mass is 475 g/mol. The molecular formula is C25H25N5O3S. The van der Waals surface area contributed by atoms with Gasteiger partial charge in [0.15, 0.2) is 5.13 Å². The molecule has 2 aromatic heterocycles. The summed E-state index contributed by atoms with van der Waals surface area (Å²) >= 11 is 1.32.